The Morgan fingerprint density at radius 2 is 2.22 bits per heavy atom. The summed E-state index contributed by atoms with van der Waals surface area (Å²) in [6, 6.07) is 0. The summed E-state index contributed by atoms with van der Waals surface area (Å²) in [5.41, 5.74) is 0. The monoisotopic (exact) mass is 149 g/mol. The first kappa shape index (κ1) is 7.38. The van der Waals surface area contributed by atoms with Crippen LogP contribution in [0.1, 0.15) is 13.3 Å². The molecular formula is C6H13O2S+. The Morgan fingerprint density at radius 1 is 1.44 bits per heavy atom. The zero-order valence-electron chi connectivity index (χ0n) is 5.92. The molecule has 0 aliphatic carbocycles. The van der Waals surface area contributed by atoms with Crippen LogP contribution in [0.15, 0.2) is 0 Å². The highest BCUT2D eigenvalue weighted by molar-refractivity contribution is 7.87. The van der Waals surface area contributed by atoms with E-state index in [1.807, 2.05) is 6.26 Å². The van der Waals surface area contributed by atoms with Crippen molar-refractivity contribution in [3.63, 3.8) is 0 Å². The Kier molecular flexibility index (Phi) is 2.82. The molecule has 0 saturated carbocycles. The van der Waals surface area contributed by atoms with E-state index in [1.54, 1.807) is 0 Å². The van der Waals surface area contributed by atoms with E-state index in [-0.39, 0.29) is 11.5 Å². The van der Waals surface area contributed by atoms with Gasteiger partial charge in [-0.3, -0.25) is 0 Å². The number of hydrogen-bond donors (Lipinski definition) is 0. The normalized spacial score (nSPS) is 38.0. The van der Waals surface area contributed by atoms with Crippen LogP contribution >= 0.6 is 0 Å². The fourth-order valence-corrected chi connectivity index (χ4v) is 1.52. The van der Waals surface area contributed by atoms with Crippen molar-refractivity contribution in [3.8, 4) is 0 Å². The summed E-state index contributed by atoms with van der Waals surface area (Å²) in [5, 5.41) is 0. The average Bonchev–Trinajstić information content (AvgIpc) is 1.97. The zero-order valence-corrected chi connectivity index (χ0v) is 6.74. The maximum Gasteiger partial charge on any atom is 0.311 e. The smallest absolute Gasteiger partial charge is 0.141 e. The van der Waals surface area contributed by atoms with Gasteiger partial charge >= 0.3 is 11.5 Å². The largest absolute Gasteiger partial charge is 0.311 e. The highest BCUT2D eigenvalue weighted by atomic mass is 32.2. The Labute approximate surface area is 59.3 Å². The Hall–Kier alpha value is 0.270. The molecule has 1 aliphatic rings. The molecule has 1 saturated heterocycles. The summed E-state index contributed by atoms with van der Waals surface area (Å²) < 4.78 is 10.6. The van der Waals surface area contributed by atoms with Gasteiger partial charge in [-0.1, -0.05) is 6.92 Å². The first-order valence-electron chi connectivity index (χ1n) is 3.21. The Bertz CT molecular complexity index is 77.1. The molecule has 3 heteroatoms. The van der Waals surface area contributed by atoms with E-state index >= 15 is 0 Å². The van der Waals surface area contributed by atoms with Crippen molar-refractivity contribution in [2.75, 3.05) is 19.5 Å². The van der Waals surface area contributed by atoms with Crippen LogP contribution in [0.25, 0.3) is 0 Å². The van der Waals surface area contributed by atoms with Gasteiger partial charge < -0.3 is 0 Å². The SMILES string of the molecule is CC1CCO[S+](C)OC1. The predicted octanol–water partition coefficient (Wildman–Crippen LogP) is 1.14. The van der Waals surface area contributed by atoms with Gasteiger partial charge in [-0.15, -0.1) is 8.37 Å². The lowest BCUT2D eigenvalue weighted by molar-refractivity contribution is 0.294. The van der Waals surface area contributed by atoms with Gasteiger partial charge in [0.1, 0.15) is 13.2 Å². The van der Waals surface area contributed by atoms with Crippen molar-refractivity contribution in [1.82, 2.24) is 0 Å². The van der Waals surface area contributed by atoms with Crippen LogP contribution in [-0.4, -0.2) is 19.5 Å². The van der Waals surface area contributed by atoms with Gasteiger partial charge in [-0.2, -0.15) is 0 Å². The van der Waals surface area contributed by atoms with E-state index in [0.717, 1.165) is 19.6 Å². The summed E-state index contributed by atoms with van der Waals surface area (Å²) in [7, 11) is 0. The quantitative estimate of drug-likeness (QED) is 0.481. The summed E-state index contributed by atoms with van der Waals surface area (Å²) in [6.45, 7) is 3.91. The molecule has 0 spiro atoms. The van der Waals surface area contributed by atoms with Crippen LogP contribution in [0, 0.1) is 5.92 Å². The minimum Gasteiger partial charge on any atom is -0.141 e. The molecule has 0 N–H and O–H groups in total. The minimum atomic E-state index is -0.228. The van der Waals surface area contributed by atoms with Crippen molar-refractivity contribution in [1.29, 1.82) is 0 Å². The second kappa shape index (κ2) is 3.44. The van der Waals surface area contributed by atoms with Crippen LogP contribution < -0.4 is 0 Å². The highest BCUT2D eigenvalue weighted by Gasteiger charge is 2.21. The topological polar surface area (TPSA) is 18.5 Å². The van der Waals surface area contributed by atoms with Crippen LogP contribution in [0.5, 0.6) is 0 Å². The molecule has 1 rings (SSSR count). The minimum absolute atomic E-state index is 0.228. The molecule has 2 atom stereocenters. The lowest BCUT2D eigenvalue weighted by atomic mass is 10.1. The van der Waals surface area contributed by atoms with Crippen LogP contribution in [0.2, 0.25) is 0 Å². The summed E-state index contributed by atoms with van der Waals surface area (Å²) in [5.74, 6) is 0.669. The molecule has 1 aliphatic heterocycles. The predicted molar refractivity (Wildman–Crippen MR) is 39.0 cm³/mol. The van der Waals surface area contributed by atoms with E-state index in [4.69, 9.17) is 8.37 Å². The van der Waals surface area contributed by atoms with Gasteiger partial charge in [0.15, 0.2) is 6.26 Å². The fourth-order valence-electron chi connectivity index (χ4n) is 0.696. The van der Waals surface area contributed by atoms with Crippen LogP contribution in [0.4, 0.5) is 0 Å². The van der Waals surface area contributed by atoms with Crippen LogP contribution in [-0.2, 0) is 19.8 Å². The first-order valence-corrected chi connectivity index (χ1v) is 4.70. The zero-order chi connectivity index (χ0) is 6.69. The second-order valence-electron chi connectivity index (χ2n) is 2.40. The van der Waals surface area contributed by atoms with E-state index < -0.39 is 0 Å². The lowest BCUT2D eigenvalue weighted by Crippen LogP contribution is -2.07. The first-order chi connectivity index (χ1) is 4.29. The summed E-state index contributed by atoms with van der Waals surface area (Å²) in [4.78, 5) is 0. The molecule has 1 fully saturated rings. The molecule has 0 amide bonds. The molecule has 0 aromatic carbocycles. The molecule has 54 valence electrons. The van der Waals surface area contributed by atoms with Crippen molar-refractivity contribution in [2.24, 2.45) is 5.92 Å². The summed E-state index contributed by atoms with van der Waals surface area (Å²) in [6.07, 6.45) is 3.11. The molecule has 2 nitrogen and oxygen atoms in total. The fraction of sp³-hybridized carbons (Fsp3) is 1.00. The van der Waals surface area contributed by atoms with Gasteiger partial charge in [0.2, 0.25) is 0 Å². The molecule has 0 aromatic rings. The number of rotatable bonds is 0. The van der Waals surface area contributed by atoms with E-state index in [2.05, 4.69) is 6.92 Å². The number of hydrogen-bond acceptors (Lipinski definition) is 2. The standard InChI is InChI=1S/C6H13O2S/c1-6-3-4-7-9(2)8-5-6/h6H,3-5H2,1-2H3/q+1. The van der Waals surface area contributed by atoms with E-state index in [1.165, 1.54) is 0 Å². The van der Waals surface area contributed by atoms with Crippen molar-refractivity contribution < 1.29 is 8.37 Å². The molecular weight excluding hydrogens is 136 g/mol. The Balaban J connectivity index is 2.25. The maximum absolute atomic E-state index is 5.32. The van der Waals surface area contributed by atoms with Gasteiger partial charge in [0.05, 0.1) is 0 Å². The maximum atomic E-state index is 5.32. The lowest BCUT2D eigenvalue weighted by Gasteiger charge is -1.98. The van der Waals surface area contributed by atoms with Crippen molar-refractivity contribution >= 4 is 11.5 Å². The highest BCUT2D eigenvalue weighted by Crippen LogP contribution is 2.12. The molecule has 0 bridgehead atoms. The van der Waals surface area contributed by atoms with Crippen molar-refractivity contribution in [3.05, 3.63) is 0 Å². The molecule has 0 radical (unpaired) electrons. The summed E-state index contributed by atoms with van der Waals surface area (Å²) >= 11 is -0.228. The Morgan fingerprint density at radius 3 is 3.00 bits per heavy atom. The van der Waals surface area contributed by atoms with Crippen molar-refractivity contribution in [2.45, 2.75) is 13.3 Å². The van der Waals surface area contributed by atoms with Gasteiger partial charge in [0, 0.05) is 0 Å². The van der Waals surface area contributed by atoms with Gasteiger partial charge in [-0.05, 0) is 12.3 Å². The molecule has 0 aromatic heterocycles. The molecule has 9 heavy (non-hydrogen) atoms. The molecule has 2 unspecified atom stereocenters. The average molecular weight is 149 g/mol. The van der Waals surface area contributed by atoms with Gasteiger partial charge in [0.25, 0.3) is 0 Å². The van der Waals surface area contributed by atoms with Gasteiger partial charge in [-0.25, -0.2) is 0 Å². The third-order valence-electron chi connectivity index (χ3n) is 1.38. The third-order valence-corrected chi connectivity index (χ3v) is 2.35. The van der Waals surface area contributed by atoms with E-state index in [0.29, 0.717) is 5.92 Å². The third kappa shape index (κ3) is 2.56. The second-order valence-corrected chi connectivity index (χ2v) is 3.68. The van der Waals surface area contributed by atoms with E-state index in [9.17, 15) is 0 Å². The molecule has 1 heterocycles. The van der Waals surface area contributed by atoms with Crippen LogP contribution in [0.3, 0.4) is 0 Å².